The van der Waals surface area contributed by atoms with Crippen molar-refractivity contribution in [3.05, 3.63) is 84.1 Å². The summed E-state index contributed by atoms with van der Waals surface area (Å²) >= 11 is 0. The first-order valence-corrected chi connectivity index (χ1v) is 8.60. The van der Waals surface area contributed by atoms with Gasteiger partial charge < -0.3 is 14.5 Å². The number of carbonyl (C=O) groups excluding carboxylic acids is 1. The van der Waals surface area contributed by atoms with Crippen molar-refractivity contribution in [1.82, 2.24) is 20.2 Å². The lowest BCUT2D eigenvalue weighted by atomic mass is 10.2. The van der Waals surface area contributed by atoms with E-state index >= 15 is 0 Å². The van der Waals surface area contributed by atoms with E-state index in [9.17, 15) is 4.79 Å². The van der Waals surface area contributed by atoms with E-state index in [1.54, 1.807) is 18.2 Å². The summed E-state index contributed by atoms with van der Waals surface area (Å²) in [6.07, 6.45) is 2.96. The quantitative estimate of drug-likeness (QED) is 0.555. The second-order valence-electron chi connectivity index (χ2n) is 6.12. The lowest BCUT2D eigenvalue weighted by Crippen LogP contribution is -2.14. The van der Waals surface area contributed by atoms with Crippen molar-refractivity contribution in [2.45, 2.75) is 13.5 Å². The summed E-state index contributed by atoms with van der Waals surface area (Å²) < 4.78 is 12.7. The Morgan fingerprint density at radius 3 is 2.82 bits per heavy atom. The molecule has 0 aliphatic heterocycles. The van der Waals surface area contributed by atoms with Gasteiger partial charge in [-0.2, -0.15) is 0 Å². The van der Waals surface area contributed by atoms with Crippen LogP contribution in [0.25, 0.3) is 5.69 Å². The zero-order valence-electron chi connectivity index (χ0n) is 15.1. The first-order chi connectivity index (χ1) is 13.7. The van der Waals surface area contributed by atoms with Crippen molar-refractivity contribution in [3.63, 3.8) is 0 Å². The molecule has 0 aliphatic carbocycles. The maximum Gasteiger partial charge on any atom is 0.259 e. The number of nitrogens with one attached hydrogen (secondary N) is 1. The minimum atomic E-state index is -0.287. The van der Waals surface area contributed by atoms with E-state index in [0.29, 0.717) is 22.8 Å². The van der Waals surface area contributed by atoms with Crippen molar-refractivity contribution >= 4 is 11.6 Å². The van der Waals surface area contributed by atoms with Gasteiger partial charge in [-0.15, -0.1) is 5.10 Å². The van der Waals surface area contributed by atoms with Crippen LogP contribution in [0.5, 0.6) is 5.75 Å². The number of aryl methyl sites for hydroxylation is 1. The largest absolute Gasteiger partial charge is 0.486 e. The minimum Gasteiger partial charge on any atom is -0.486 e. The molecule has 8 heteroatoms. The summed E-state index contributed by atoms with van der Waals surface area (Å²) in [5, 5.41) is 13.9. The Kier molecular flexibility index (Phi) is 4.83. The van der Waals surface area contributed by atoms with Crippen LogP contribution in [0.2, 0.25) is 0 Å². The average Bonchev–Trinajstić information content (AvgIpc) is 3.40. The zero-order chi connectivity index (χ0) is 19.3. The van der Waals surface area contributed by atoms with E-state index in [0.717, 1.165) is 11.3 Å². The summed E-state index contributed by atoms with van der Waals surface area (Å²) in [5.41, 5.74) is 2.91. The molecule has 0 fully saturated rings. The number of amides is 1. The molecule has 0 aliphatic rings. The molecule has 4 aromatic rings. The summed E-state index contributed by atoms with van der Waals surface area (Å²) in [5.74, 6) is 0.877. The van der Waals surface area contributed by atoms with Crippen LogP contribution in [0, 0.1) is 6.92 Å². The number of ether oxygens (including phenoxy) is 1. The zero-order valence-corrected chi connectivity index (χ0v) is 15.1. The van der Waals surface area contributed by atoms with Gasteiger partial charge in [0.1, 0.15) is 18.7 Å². The van der Waals surface area contributed by atoms with Gasteiger partial charge in [-0.05, 0) is 53.7 Å². The highest BCUT2D eigenvalue weighted by atomic mass is 16.5. The Morgan fingerprint density at radius 2 is 2.04 bits per heavy atom. The van der Waals surface area contributed by atoms with Crippen LogP contribution < -0.4 is 10.1 Å². The number of nitrogens with zero attached hydrogens (tertiary/aromatic N) is 4. The van der Waals surface area contributed by atoms with E-state index < -0.39 is 0 Å². The normalized spacial score (nSPS) is 10.6. The first kappa shape index (κ1) is 17.5. The fourth-order valence-corrected chi connectivity index (χ4v) is 2.64. The van der Waals surface area contributed by atoms with Crippen LogP contribution in [0.15, 0.2) is 71.6 Å². The van der Waals surface area contributed by atoms with Gasteiger partial charge in [-0.1, -0.05) is 23.8 Å². The molecule has 140 valence electrons. The molecule has 1 amide bonds. The fourth-order valence-electron chi connectivity index (χ4n) is 2.64. The predicted octanol–water partition coefficient (Wildman–Crippen LogP) is 3.40. The lowest BCUT2D eigenvalue weighted by molar-refractivity contribution is 0.102. The van der Waals surface area contributed by atoms with Gasteiger partial charge in [-0.25, -0.2) is 4.68 Å². The maximum atomic E-state index is 12.7. The number of anilines is 1. The van der Waals surface area contributed by atoms with E-state index in [4.69, 9.17) is 9.15 Å². The topological polar surface area (TPSA) is 95.1 Å². The van der Waals surface area contributed by atoms with Gasteiger partial charge in [0.2, 0.25) is 0 Å². The monoisotopic (exact) mass is 375 g/mol. The SMILES string of the molecule is Cc1ccc(OCc2occc2C(=O)Nc2cccc(-n3cnnn3)c2)cc1. The third kappa shape index (κ3) is 3.90. The molecule has 8 nitrogen and oxygen atoms in total. The molecule has 4 rings (SSSR count). The molecule has 28 heavy (non-hydrogen) atoms. The number of hydrogen-bond acceptors (Lipinski definition) is 6. The van der Waals surface area contributed by atoms with Crippen LogP contribution in [0.4, 0.5) is 5.69 Å². The number of benzene rings is 2. The van der Waals surface area contributed by atoms with Crippen LogP contribution in [-0.4, -0.2) is 26.1 Å². The van der Waals surface area contributed by atoms with E-state index in [1.807, 2.05) is 43.3 Å². The average molecular weight is 375 g/mol. The van der Waals surface area contributed by atoms with Crippen molar-refractivity contribution in [2.24, 2.45) is 0 Å². The van der Waals surface area contributed by atoms with Crippen molar-refractivity contribution in [2.75, 3.05) is 5.32 Å². The van der Waals surface area contributed by atoms with Crippen molar-refractivity contribution in [1.29, 1.82) is 0 Å². The first-order valence-electron chi connectivity index (χ1n) is 8.60. The molecular formula is C20H17N5O3. The maximum absolute atomic E-state index is 12.7. The Labute approximate surface area is 160 Å². The van der Waals surface area contributed by atoms with E-state index in [1.165, 1.54) is 17.3 Å². The van der Waals surface area contributed by atoms with Gasteiger partial charge in [0, 0.05) is 5.69 Å². The highest BCUT2D eigenvalue weighted by molar-refractivity contribution is 6.05. The molecule has 0 radical (unpaired) electrons. The predicted molar refractivity (Wildman–Crippen MR) is 101 cm³/mol. The Morgan fingerprint density at radius 1 is 1.18 bits per heavy atom. The number of furan rings is 1. The standard InChI is InChI=1S/C20H17N5O3/c1-14-5-7-17(8-6-14)28-12-19-18(9-10-27-19)20(26)22-15-3-2-4-16(11-15)25-13-21-23-24-25/h2-11,13H,12H2,1H3,(H,22,26). The molecule has 1 N–H and O–H groups in total. The number of tetrazole rings is 1. The van der Waals surface area contributed by atoms with Gasteiger partial charge in [0.15, 0.2) is 5.76 Å². The third-order valence-electron chi connectivity index (χ3n) is 4.10. The summed E-state index contributed by atoms with van der Waals surface area (Å²) in [6.45, 7) is 2.16. The van der Waals surface area contributed by atoms with Crippen LogP contribution in [-0.2, 0) is 6.61 Å². The van der Waals surface area contributed by atoms with Gasteiger partial charge >= 0.3 is 0 Å². The second kappa shape index (κ2) is 7.75. The molecular weight excluding hydrogens is 358 g/mol. The Bertz CT molecular complexity index is 1070. The molecule has 2 heterocycles. The molecule has 2 aromatic carbocycles. The van der Waals surface area contributed by atoms with Crippen LogP contribution in [0.3, 0.4) is 0 Å². The summed E-state index contributed by atoms with van der Waals surface area (Å²) in [7, 11) is 0. The van der Waals surface area contributed by atoms with Gasteiger partial charge in [0.25, 0.3) is 5.91 Å². The summed E-state index contributed by atoms with van der Waals surface area (Å²) in [4.78, 5) is 12.7. The summed E-state index contributed by atoms with van der Waals surface area (Å²) in [6, 6.07) is 16.5. The number of rotatable bonds is 6. The van der Waals surface area contributed by atoms with E-state index in [-0.39, 0.29) is 12.5 Å². The highest BCUT2D eigenvalue weighted by Crippen LogP contribution is 2.19. The third-order valence-corrected chi connectivity index (χ3v) is 4.10. The van der Waals surface area contributed by atoms with Gasteiger partial charge in [0.05, 0.1) is 17.5 Å². The molecule has 0 saturated carbocycles. The molecule has 0 saturated heterocycles. The van der Waals surface area contributed by atoms with Crippen molar-refractivity contribution in [3.8, 4) is 11.4 Å². The molecule has 0 atom stereocenters. The van der Waals surface area contributed by atoms with Crippen molar-refractivity contribution < 1.29 is 13.9 Å². The number of aromatic nitrogens is 4. The van der Waals surface area contributed by atoms with Crippen LogP contribution >= 0.6 is 0 Å². The Hall–Kier alpha value is -3.94. The number of carbonyl (C=O) groups is 1. The minimum absolute atomic E-state index is 0.156. The molecule has 0 bridgehead atoms. The molecule has 0 unspecified atom stereocenters. The highest BCUT2D eigenvalue weighted by Gasteiger charge is 2.16. The number of hydrogen-bond donors (Lipinski definition) is 1. The smallest absolute Gasteiger partial charge is 0.259 e. The second-order valence-corrected chi connectivity index (χ2v) is 6.12. The molecule has 0 spiro atoms. The Balaban J connectivity index is 1.45. The molecule has 2 aromatic heterocycles. The fraction of sp³-hybridized carbons (Fsp3) is 0.100. The van der Waals surface area contributed by atoms with Gasteiger partial charge in [-0.3, -0.25) is 4.79 Å². The van der Waals surface area contributed by atoms with Crippen LogP contribution in [0.1, 0.15) is 21.7 Å². The lowest BCUT2D eigenvalue weighted by Gasteiger charge is -2.08. The van der Waals surface area contributed by atoms with E-state index in [2.05, 4.69) is 20.8 Å².